The summed E-state index contributed by atoms with van der Waals surface area (Å²) in [6.07, 6.45) is 0. The van der Waals surface area contributed by atoms with Crippen LogP contribution in [-0.2, 0) is 19.3 Å². The summed E-state index contributed by atoms with van der Waals surface area (Å²) in [6.45, 7) is 5.41. The molecule has 58 valence electrons. The van der Waals surface area contributed by atoms with Gasteiger partial charge in [-0.25, -0.2) is 4.79 Å². The average molecular weight is 146 g/mol. The van der Waals surface area contributed by atoms with E-state index in [0.29, 0.717) is 6.61 Å². The van der Waals surface area contributed by atoms with E-state index in [4.69, 9.17) is 4.74 Å². The molecule has 0 aromatic heterocycles. The summed E-state index contributed by atoms with van der Waals surface area (Å²) in [6, 6.07) is 0. The van der Waals surface area contributed by atoms with E-state index >= 15 is 0 Å². The van der Waals surface area contributed by atoms with Crippen LogP contribution in [-0.4, -0.2) is 19.7 Å². The minimum absolute atomic E-state index is 0.0515. The van der Waals surface area contributed by atoms with Crippen molar-refractivity contribution in [3.8, 4) is 0 Å². The molecular formula is C6H10O4. The molecule has 0 aliphatic carbocycles. The quantitative estimate of drug-likeness (QED) is 0.253. The van der Waals surface area contributed by atoms with Crippen LogP contribution in [0.15, 0.2) is 12.3 Å². The number of carbonyl (C=O) groups excluding carboxylic acids is 1. The summed E-state index contributed by atoms with van der Waals surface area (Å²) >= 11 is 0. The Labute approximate surface area is 59.3 Å². The van der Waals surface area contributed by atoms with Gasteiger partial charge in [0.05, 0.1) is 13.7 Å². The van der Waals surface area contributed by atoms with Crippen LogP contribution in [0.25, 0.3) is 0 Å². The van der Waals surface area contributed by atoms with Crippen molar-refractivity contribution in [1.29, 1.82) is 0 Å². The van der Waals surface area contributed by atoms with Gasteiger partial charge in [0.15, 0.2) is 5.76 Å². The summed E-state index contributed by atoms with van der Waals surface area (Å²) in [5.41, 5.74) is 0. The minimum atomic E-state index is -0.704. The molecule has 0 atom stereocenters. The fourth-order valence-corrected chi connectivity index (χ4v) is 0.355. The lowest BCUT2D eigenvalue weighted by molar-refractivity contribution is -0.253. The standard InChI is InChI=1S/C6H10O4/c1-4-9-5(2)6(7)10-8-3/h2,4H2,1,3H3. The summed E-state index contributed by atoms with van der Waals surface area (Å²) < 4.78 is 4.71. The molecule has 10 heavy (non-hydrogen) atoms. The van der Waals surface area contributed by atoms with Crippen LogP contribution in [0, 0.1) is 0 Å². The van der Waals surface area contributed by atoms with Crippen LogP contribution >= 0.6 is 0 Å². The van der Waals surface area contributed by atoms with Crippen molar-refractivity contribution in [2.24, 2.45) is 0 Å². The van der Waals surface area contributed by atoms with Gasteiger partial charge in [-0.2, -0.15) is 4.89 Å². The molecule has 0 unspecified atom stereocenters. The Morgan fingerprint density at radius 1 is 1.60 bits per heavy atom. The Hall–Kier alpha value is -1.03. The molecule has 0 saturated carbocycles. The van der Waals surface area contributed by atoms with Crippen LogP contribution in [0.4, 0.5) is 0 Å². The van der Waals surface area contributed by atoms with Crippen molar-refractivity contribution in [2.75, 3.05) is 13.7 Å². The maximum Gasteiger partial charge on any atom is 0.406 e. The van der Waals surface area contributed by atoms with Gasteiger partial charge in [0.2, 0.25) is 0 Å². The van der Waals surface area contributed by atoms with Crippen molar-refractivity contribution in [2.45, 2.75) is 6.92 Å². The summed E-state index contributed by atoms with van der Waals surface area (Å²) in [5, 5.41) is 0. The Morgan fingerprint density at radius 2 is 2.20 bits per heavy atom. The first-order valence-corrected chi connectivity index (χ1v) is 2.79. The van der Waals surface area contributed by atoms with E-state index < -0.39 is 5.97 Å². The van der Waals surface area contributed by atoms with Crippen LogP contribution < -0.4 is 0 Å². The van der Waals surface area contributed by atoms with E-state index in [1.165, 1.54) is 7.11 Å². The van der Waals surface area contributed by atoms with Gasteiger partial charge in [0, 0.05) is 0 Å². The Balaban J connectivity index is 3.60. The fraction of sp³-hybridized carbons (Fsp3) is 0.500. The maximum absolute atomic E-state index is 10.6. The van der Waals surface area contributed by atoms with Crippen LogP contribution in [0.5, 0.6) is 0 Å². The normalized spacial score (nSPS) is 8.60. The third-order valence-electron chi connectivity index (χ3n) is 0.705. The number of hydrogen-bond donors (Lipinski definition) is 0. The van der Waals surface area contributed by atoms with Crippen molar-refractivity contribution in [3.05, 3.63) is 12.3 Å². The third-order valence-corrected chi connectivity index (χ3v) is 0.705. The third kappa shape index (κ3) is 3.09. The fourth-order valence-electron chi connectivity index (χ4n) is 0.355. The highest BCUT2D eigenvalue weighted by Crippen LogP contribution is 1.95. The zero-order valence-corrected chi connectivity index (χ0v) is 6.05. The zero-order valence-electron chi connectivity index (χ0n) is 6.05. The smallest absolute Gasteiger partial charge is 0.406 e. The highest BCUT2D eigenvalue weighted by molar-refractivity contribution is 5.84. The number of rotatable bonds is 4. The predicted molar refractivity (Wildman–Crippen MR) is 33.9 cm³/mol. The second-order valence-electron chi connectivity index (χ2n) is 1.39. The van der Waals surface area contributed by atoms with E-state index in [9.17, 15) is 4.79 Å². The predicted octanol–water partition coefficient (Wildman–Crippen LogP) is 0.641. The van der Waals surface area contributed by atoms with E-state index in [0.717, 1.165) is 0 Å². The van der Waals surface area contributed by atoms with E-state index in [2.05, 4.69) is 16.4 Å². The molecule has 0 rings (SSSR count). The summed E-state index contributed by atoms with van der Waals surface area (Å²) in [4.78, 5) is 18.7. The lowest BCUT2D eigenvalue weighted by atomic mass is 10.6. The molecule has 0 heterocycles. The van der Waals surface area contributed by atoms with Gasteiger partial charge in [-0.3, -0.25) is 4.89 Å². The Morgan fingerprint density at radius 3 is 2.60 bits per heavy atom. The Kier molecular flexibility index (Phi) is 4.32. The van der Waals surface area contributed by atoms with E-state index in [-0.39, 0.29) is 5.76 Å². The van der Waals surface area contributed by atoms with Gasteiger partial charge in [-0.05, 0) is 13.5 Å². The first kappa shape index (κ1) is 8.97. The number of carbonyl (C=O) groups is 1. The minimum Gasteiger partial charge on any atom is -0.487 e. The molecule has 0 fully saturated rings. The van der Waals surface area contributed by atoms with Crippen molar-refractivity contribution in [1.82, 2.24) is 0 Å². The second-order valence-corrected chi connectivity index (χ2v) is 1.39. The molecule has 0 amide bonds. The van der Waals surface area contributed by atoms with E-state index in [1.54, 1.807) is 6.92 Å². The molecule has 0 N–H and O–H groups in total. The van der Waals surface area contributed by atoms with Gasteiger partial charge >= 0.3 is 5.97 Å². The van der Waals surface area contributed by atoms with Gasteiger partial charge in [-0.1, -0.05) is 0 Å². The second kappa shape index (κ2) is 4.81. The van der Waals surface area contributed by atoms with Crippen LogP contribution in [0.3, 0.4) is 0 Å². The van der Waals surface area contributed by atoms with Gasteiger partial charge in [0.1, 0.15) is 0 Å². The van der Waals surface area contributed by atoms with Crippen molar-refractivity contribution >= 4 is 5.97 Å². The summed E-state index contributed by atoms with van der Waals surface area (Å²) in [5.74, 6) is -0.756. The van der Waals surface area contributed by atoms with Gasteiger partial charge in [-0.15, -0.1) is 0 Å². The summed E-state index contributed by atoms with van der Waals surface area (Å²) in [7, 11) is 1.23. The maximum atomic E-state index is 10.6. The molecular weight excluding hydrogens is 136 g/mol. The molecule has 0 spiro atoms. The van der Waals surface area contributed by atoms with Crippen molar-refractivity contribution in [3.63, 3.8) is 0 Å². The lowest BCUT2D eigenvalue weighted by Crippen LogP contribution is -2.08. The van der Waals surface area contributed by atoms with Gasteiger partial charge < -0.3 is 4.74 Å². The molecule has 0 radical (unpaired) electrons. The monoisotopic (exact) mass is 146 g/mol. The number of hydrogen-bond acceptors (Lipinski definition) is 4. The SMILES string of the molecule is C=C(OCC)C(=O)OOC. The molecule has 0 aliphatic heterocycles. The van der Waals surface area contributed by atoms with Crippen LogP contribution in [0.2, 0.25) is 0 Å². The zero-order chi connectivity index (χ0) is 7.98. The molecule has 4 heteroatoms. The Bertz CT molecular complexity index is 114. The first-order chi connectivity index (χ1) is 4.72. The topological polar surface area (TPSA) is 44.8 Å². The molecule has 0 aliphatic rings. The average Bonchev–Trinajstić information content (AvgIpc) is 1.89. The largest absolute Gasteiger partial charge is 0.487 e. The molecule has 4 nitrogen and oxygen atoms in total. The van der Waals surface area contributed by atoms with E-state index in [1.807, 2.05) is 0 Å². The first-order valence-electron chi connectivity index (χ1n) is 2.79. The number of ether oxygens (including phenoxy) is 1. The highest BCUT2D eigenvalue weighted by Gasteiger charge is 2.08. The van der Waals surface area contributed by atoms with Crippen molar-refractivity contribution < 1.29 is 19.3 Å². The molecule has 0 aromatic rings. The molecule has 0 saturated heterocycles. The molecule has 0 bridgehead atoms. The highest BCUT2D eigenvalue weighted by atomic mass is 17.2. The van der Waals surface area contributed by atoms with Gasteiger partial charge in [0.25, 0.3) is 0 Å². The molecule has 0 aromatic carbocycles. The lowest BCUT2D eigenvalue weighted by Gasteiger charge is -2.02. The van der Waals surface area contributed by atoms with Crippen LogP contribution in [0.1, 0.15) is 6.92 Å².